The van der Waals surface area contributed by atoms with Crippen LogP contribution in [0, 0.1) is 0 Å². The average molecular weight is 410 g/mol. The van der Waals surface area contributed by atoms with Crippen LogP contribution in [0.25, 0.3) is 0 Å². The van der Waals surface area contributed by atoms with E-state index < -0.39 is 0 Å². The maximum absolute atomic E-state index is 12.7. The highest BCUT2D eigenvalue weighted by Crippen LogP contribution is 2.34. The van der Waals surface area contributed by atoms with E-state index >= 15 is 0 Å². The summed E-state index contributed by atoms with van der Waals surface area (Å²) in [5, 5.41) is 3.00. The molecule has 2 heterocycles. The molecule has 0 radical (unpaired) electrons. The molecule has 0 aromatic heterocycles. The zero-order chi connectivity index (χ0) is 20.1. The van der Waals surface area contributed by atoms with Crippen LogP contribution in [0.5, 0.6) is 0 Å². The number of fused-ring (bicyclic) bond motifs is 1. The Labute approximate surface area is 176 Å². The van der Waals surface area contributed by atoms with E-state index in [1.807, 2.05) is 41.3 Å². The number of rotatable bonds is 6. The van der Waals surface area contributed by atoms with Crippen molar-refractivity contribution >= 4 is 35.0 Å². The Morgan fingerprint density at radius 1 is 0.897 bits per heavy atom. The second-order valence-corrected chi connectivity index (χ2v) is 8.60. The van der Waals surface area contributed by atoms with Gasteiger partial charge in [0.2, 0.25) is 11.8 Å². The Hall–Kier alpha value is -2.47. The molecule has 0 spiro atoms. The normalized spacial score (nSPS) is 15.9. The number of hydrogen-bond donors (Lipinski definition) is 1. The van der Waals surface area contributed by atoms with Crippen LogP contribution < -0.4 is 15.1 Å². The minimum absolute atomic E-state index is 0.0189. The first kappa shape index (κ1) is 19.8. The Bertz CT molecular complexity index is 880. The van der Waals surface area contributed by atoms with Crippen molar-refractivity contribution in [2.24, 2.45) is 0 Å². The maximum Gasteiger partial charge on any atom is 0.227 e. The molecule has 29 heavy (non-hydrogen) atoms. The van der Waals surface area contributed by atoms with E-state index in [4.69, 9.17) is 0 Å². The molecule has 0 unspecified atom stereocenters. The predicted molar refractivity (Wildman–Crippen MR) is 118 cm³/mol. The van der Waals surface area contributed by atoms with E-state index in [2.05, 4.69) is 22.3 Å². The molecule has 1 saturated heterocycles. The van der Waals surface area contributed by atoms with Gasteiger partial charge < -0.3 is 15.1 Å². The Kier molecular flexibility index (Phi) is 6.39. The van der Waals surface area contributed by atoms with Crippen LogP contribution in [0.2, 0.25) is 0 Å². The van der Waals surface area contributed by atoms with Crippen molar-refractivity contribution in [1.82, 2.24) is 5.32 Å². The molecular weight excluding hydrogens is 382 g/mol. The van der Waals surface area contributed by atoms with Crippen LogP contribution in [-0.2, 0) is 16.1 Å². The van der Waals surface area contributed by atoms with Gasteiger partial charge in [-0.3, -0.25) is 9.59 Å². The fourth-order valence-electron chi connectivity index (χ4n) is 3.99. The molecule has 4 rings (SSSR count). The highest BCUT2D eigenvalue weighted by Gasteiger charge is 2.23. The number of carbonyl (C=O) groups excluding carboxylic acids is 2. The van der Waals surface area contributed by atoms with Crippen LogP contribution in [0.15, 0.2) is 53.4 Å². The van der Waals surface area contributed by atoms with E-state index in [0.29, 0.717) is 13.1 Å². The lowest BCUT2D eigenvalue weighted by molar-refractivity contribution is -0.125. The number of amides is 2. The second-order valence-electron chi connectivity index (χ2n) is 7.46. The largest absolute Gasteiger partial charge is 0.371 e. The fraction of sp³-hybridized carbons (Fsp3) is 0.391. The Morgan fingerprint density at radius 2 is 1.62 bits per heavy atom. The minimum atomic E-state index is -0.0748. The van der Waals surface area contributed by atoms with Crippen molar-refractivity contribution in [3.63, 3.8) is 0 Å². The van der Waals surface area contributed by atoms with Gasteiger partial charge in [0.1, 0.15) is 0 Å². The first-order valence-electron chi connectivity index (χ1n) is 10.3. The summed E-state index contributed by atoms with van der Waals surface area (Å²) in [5.41, 5.74) is 3.31. The summed E-state index contributed by atoms with van der Waals surface area (Å²) in [6.07, 6.45) is 2.90. The number of hydrogen-bond acceptors (Lipinski definition) is 4. The monoisotopic (exact) mass is 409 g/mol. The number of thioether (sulfide) groups is 1. The summed E-state index contributed by atoms with van der Waals surface area (Å²) in [7, 11) is 0. The molecule has 152 valence electrons. The van der Waals surface area contributed by atoms with Crippen LogP contribution in [0.1, 0.15) is 31.2 Å². The second kappa shape index (κ2) is 9.35. The Balaban J connectivity index is 1.30. The predicted octanol–water partition coefficient (Wildman–Crippen LogP) is 3.82. The van der Waals surface area contributed by atoms with Gasteiger partial charge in [-0.1, -0.05) is 30.3 Å². The number of benzene rings is 2. The number of anilines is 2. The van der Waals surface area contributed by atoms with Gasteiger partial charge in [-0.25, -0.2) is 0 Å². The zero-order valence-corrected chi connectivity index (χ0v) is 17.4. The molecule has 0 atom stereocenters. The first-order valence-corrected chi connectivity index (χ1v) is 11.3. The molecule has 0 bridgehead atoms. The maximum atomic E-state index is 12.7. The van der Waals surface area contributed by atoms with Crippen LogP contribution in [0.3, 0.4) is 0 Å². The molecule has 1 N–H and O–H groups in total. The molecule has 2 aromatic rings. The van der Waals surface area contributed by atoms with Crippen LogP contribution in [0.4, 0.5) is 11.4 Å². The lowest BCUT2D eigenvalue weighted by Gasteiger charge is -2.29. The molecule has 5 nitrogen and oxygen atoms in total. The molecule has 2 aromatic carbocycles. The average Bonchev–Trinajstić information content (AvgIpc) is 3.30. The van der Waals surface area contributed by atoms with Crippen molar-refractivity contribution in [3.8, 4) is 0 Å². The van der Waals surface area contributed by atoms with Gasteiger partial charge >= 0.3 is 0 Å². The van der Waals surface area contributed by atoms with E-state index in [-0.39, 0.29) is 24.7 Å². The zero-order valence-electron chi connectivity index (χ0n) is 16.6. The summed E-state index contributed by atoms with van der Waals surface area (Å²) in [6, 6.07) is 16.2. The lowest BCUT2D eigenvalue weighted by Crippen LogP contribution is -2.36. The summed E-state index contributed by atoms with van der Waals surface area (Å²) >= 11 is 1.77. The van der Waals surface area contributed by atoms with Crippen molar-refractivity contribution in [2.45, 2.75) is 37.1 Å². The minimum Gasteiger partial charge on any atom is -0.371 e. The third-order valence-electron chi connectivity index (χ3n) is 5.51. The number of nitrogens with one attached hydrogen (secondary N) is 1. The third kappa shape index (κ3) is 4.75. The van der Waals surface area contributed by atoms with Gasteiger partial charge in [-0.15, -0.1) is 11.8 Å². The molecule has 0 saturated carbocycles. The van der Waals surface area contributed by atoms with Gasteiger partial charge in [-0.2, -0.15) is 0 Å². The van der Waals surface area contributed by atoms with Crippen LogP contribution in [-0.4, -0.2) is 37.2 Å². The quantitative estimate of drug-likeness (QED) is 0.788. The third-order valence-corrected chi connectivity index (χ3v) is 6.55. The topological polar surface area (TPSA) is 52.7 Å². The highest BCUT2D eigenvalue weighted by atomic mass is 32.2. The molecule has 2 amide bonds. The van der Waals surface area contributed by atoms with Gasteiger partial charge in [0.15, 0.2) is 0 Å². The molecule has 1 fully saturated rings. The van der Waals surface area contributed by atoms with Crippen molar-refractivity contribution in [3.05, 3.63) is 54.1 Å². The summed E-state index contributed by atoms with van der Waals surface area (Å²) in [6.45, 7) is 3.36. The van der Waals surface area contributed by atoms with E-state index in [9.17, 15) is 9.59 Å². The van der Waals surface area contributed by atoms with Crippen molar-refractivity contribution in [1.29, 1.82) is 0 Å². The first-order chi connectivity index (χ1) is 14.2. The van der Waals surface area contributed by atoms with Crippen LogP contribution >= 0.6 is 11.8 Å². The molecule has 0 aliphatic carbocycles. The number of nitrogens with zero attached hydrogens (tertiary/aromatic N) is 2. The molecule has 2 aliphatic rings. The summed E-state index contributed by atoms with van der Waals surface area (Å²) in [5.74, 6) is 0.835. The fourth-order valence-corrected chi connectivity index (χ4v) is 4.99. The number of carbonyl (C=O) groups is 2. The lowest BCUT2D eigenvalue weighted by atomic mass is 10.1. The van der Waals surface area contributed by atoms with Gasteiger partial charge in [-0.05, 0) is 36.6 Å². The molecular formula is C23H27N3O2S. The van der Waals surface area contributed by atoms with Gasteiger partial charge in [0, 0.05) is 55.4 Å². The number of para-hydroxylation sites is 2. The highest BCUT2D eigenvalue weighted by molar-refractivity contribution is 7.99. The van der Waals surface area contributed by atoms with E-state index in [1.165, 1.54) is 18.5 Å². The van der Waals surface area contributed by atoms with E-state index in [1.54, 1.807) is 11.8 Å². The summed E-state index contributed by atoms with van der Waals surface area (Å²) < 4.78 is 0. The smallest absolute Gasteiger partial charge is 0.227 e. The molecule has 6 heteroatoms. The standard InChI is InChI=1S/C23H27N3O2S/c27-22(24-17-18-7-1-2-8-19(18)25-13-5-6-14-25)11-12-23(28)26-15-16-29-21-10-4-3-9-20(21)26/h1-4,7-10H,5-6,11-17H2,(H,24,27). The van der Waals surface area contributed by atoms with Crippen molar-refractivity contribution in [2.75, 3.05) is 35.2 Å². The SMILES string of the molecule is O=C(CCC(=O)N1CCSc2ccccc21)NCc1ccccc1N1CCCC1. The van der Waals surface area contributed by atoms with Gasteiger partial charge in [0.25, 0.3) is 0 Å². The van der Waals surface area contributed by atoms with Crippen molar-refractivity contribution < 1.29 is 9.59 Å². The Morgan fingerprint density at radius 3 is 2.45 bits per heavy atom. The van der Waals surface area contributed by atoms with Gasteiger partial charge in [0.05, 0.1) is 5.69 Å². The summed E-state index contributed by atoms with van der Waals surface area (Å²) in [4.78, 5) is 30.4. The van der Waals surface area contributed by atoms with E-state index in [0.717, 1.165) is 35.0 Å². The molecule has 2 aliphatic heterocycles.